The summed E-state index contributed by atoms with van der Waals surface area (Å²) in [6.45, 7) is 16.4. The van der Waals surface area contributed by atoms with Crippen molar-refractivity contribution in [3.63, 3.8) is 0 Å². The van der Waals surface area contributed by atoms with Crippen LogP contribution in [0.3, 0.4) is 0 Å². The number of piperidine rings is 2. The van der Waals surface area contributed by atoms with Crippen LogP contribution in [-0.2, 0) is 4.74 Å². The van der Waals surface area contributed by atoms with Crippen LogP contribution >= 0.6 is 0 Å². The first-order valence-electron chi connectivity index (χ1n) is 11.3. The molecule has 31 heavy (non-hydrogen) atoms. The second-order valence-corrected chi connectivity index (χ2v) is 11.7. The van der Waals surface area contributed by atoms with Crippen LogP contribution in [0, 0.1) is 0 Å². The first-order valence-corrected chi connectivity index (χ1v) is 11.3. The number of ether oxygens (including phenoxy) is 1. The number of hydroxylamine groups is 2. The maximum absolute atomic E-state index is 12.1. The summed E-state index contributed by atoms with van der Waals surface area (Å²) in [5.74, 6) is -0.223. The number of aliphatic hydroxyl groups is 1. The molecule has 2 fully saturated rings. The molecule has 3 rings (SSSR count). The molecule has 176 valence electrons. The van der Waals surface area contributed by atoms with Crippen LogP contribution < -0.4 is 5.32 Å². The Kier molecular flexibility index (Phi) is 7.64. The van der Waals surface area contributed by atoms with Crippen LogP contribution in [0.15, 0.2) is 30.3 Å². The van der Waals surface area contributed by atoms with Crippen molar-refractivity contribution in [2.45, 2.75) is 115 Å². The zero-order valence-electron chi connectivity index (χ0n) is 20.5. The van der Waals surface area contributed by atoms with Gasteiger partial charge in [-0.05, 0) is 80.4 Å². The molecule has 1 aromatic rings. The summed E-state index contributed by atoms with van der Waals surface area (Å²) in [5.41, 5.74) is -0.0357. The van der Waals surface area contributed by atoms with Gasteiger partial charge in [-0.2, -0.15) is 5.06 Å². The summed E-state index contributed by atoms with van der Waals surface area (Å²) in [4.78, 5) is 12.1. The molecule has 0 saturated carbocycles. The lowest BCUT2D eigenvalue weighted by Crippen LogP contribution is -2.60. The molecule has 1 aromatic carbocycles. The van der Waals surface area contributed by atoms with Crippen LogP contribution in [-0.4, -0.2) is 55.7 Å². The first-order chi connectivity index (χ1) is 14.0. The number of rotatable bonds is 2. The number of carbonyl (C=O) groups is 1. The largest absolute Gasteiger partial charge is 0.459 e. The molecule has 2 aliphatic heterocycles. The number of hydrogen-bond donors (Lipinski definition) is 3. The highest BCUT2D eigenvalue weighted by Crippen LogP contribution is 2.36. The van der Waals surface area contributed by atoms with Crippen molar-refractivity contribution >= 4 is 5.97 Å². The van der Waals surface area contributed by atoms with E-state index in [0.717, 1.165) is 12.8 Å². The Morgan fingerprint density at radius 1 is 0.903 bits per heavy atom. The molecular formula is C25H42N2O4. The molecule has 2 saturated heterocycles. The molecule has 0 spiro atoms. The molecule has 2 heterocycles. The van der Waals surface area contributed by atoms with Crippen LogP contribution in [0.4, 0.5) is 0 Å². The smallest absolute Gasteiger partial charge is 0.338 e. The van der Waals surface area contributed by atoms with E-state index in [9.17, 15) is 15.1 Å². The molecule has 0 radical (unpaired) electrons. The second kappa shape index (κ2) is 9.18. The fourth-order valence-electron chi connectivity index (χ4n) is 5.32. The van der Waals surface area contributed by atoms with Gasteiger partial charge in [0.05, 0.1) is 11.7 Å². The first kappa shape index (κ1) is 25.8. The van der Waals surface area contributed by atoms with Crippen molar-refractivity contribution in [1.82, 2.24) is 10.4 Å². The normalized spacial score (nSPS) is 25.2. The Labute approximate surface area is 187 Å². The SMILES string of the molecule is CC1(C)CC(O)CC(C)(C)N1O.CC1(C)CC(OC(=O)c2ccccc2)CC(C)(C)N1. The van der Waals surface area contributed by atoms with Crippen molar-refractivity contribution in [2.75, 3.05) is 0 Å². The van der Waals surface area contributed by atoms with E-state index in [1.807, 2.05) is 45.9 Å². The summed E-state index contributed by atoms with van der Waals surface area (Å²) in [5, 5.41) is 24.3. The van der Waals surface area contributed by atoms with Gasteiger partial charge in [0.2, 0.25) is 0 Å². The number of nitrogens with one attached hydrogen (secondary N) is 1. The van der Waals surface area contributed by atoms with Gasteiger partial charge in [0, 0.05) is 35.0 Å². The molecule has 0 bridgehead atoms. The summed E-state index contributed by atoms with van der Waals surface area (Å²) in [6, 6.07) is 9.19. The van der Waals surface area contributed by atoms with Crippen molar-refractivity contribution < 1.29 is 19.8 Å². The highest BCUT2D eigenvalue weighted by molar-refractivity contribution is 5.89. The van der Waals surface area contributed by atoms with E-state index in [1.54, 1.807) is 12.1 Å². The van der Waals surface area contributed by atoms with Gasteiger partial charge >= 0.3 is 5.97 Å². The van der Waals surface area contributed by atoms with E-state index in [-0.39, 0.29) is 40.3 Å². The number of esters is 1. The van der Waals surface area contributed by atoms with E-state index in [2.05, 4.69) is 33.0 Å². The Morgan fingerprint density at radius 3 is 1.81 bits per heavy atom. The highest BCUT2D eigenvalue weighted by atomic mass is 16.5. The van der Waals surface area contributed by atoms with Gasteiger partial charge in [0.15, 0.2) is 0 Å². The minimum absolute atomic E-state index is 0.0105. The van der Waals surface area contributed by atoms with Crippen LogP contribution in [0.5, 0.6) is 0 Å². The predicted octanol–water partition coefficient (Wildman–Crippen LogP) is 4.54. The van der Waals surface area contributed by atoms with Gasteiger partial charge in [-0.25, -0.2) is 4.79 Å². The molecule has 2 aliphatic rings. The number of aliphatic hydroxyl groups excluding tert-OH is 1. The lowest BCUT2D eigenvalue weighted by atomic mass is 9.80. The second-order valence-electron chi connectivity index (χ2n) is 11.7. The fraction of sp³-hybridized carbons (Fsp3) is 0.720. The third-order valence-corrected chi connectivity index (χ3v) is 6.05. The lowest BCUT2D eigenvalue weighted by molar-refractivity contribution is -0.257. The average molecular weight is 435 g/mol. The van der Waals surface area contributed by atoms with Crippen LogP contribution in [0.1, 0.15) is 91.4 Å². The number of carbonyl (C=O) groups excluding carboxylic acids is 1. The van der Waals surface area contributed by atoms with Crippen LogP contribution in [0.2, 0.25) is 0 Å². The average Bonchev–Trinajstić information content (AvgIpc) is 2.57. The Morgan fingerprint density at radius 2 is 1.35 bits per heavy atom. The topological polar surface area (TPSA) is 82.0 Å². The molecule has 0 unspecified atom stereocenters. The molecule has 6 nitrogen and oxygen atoms in total. The van der Waals surface area contributed by atoms with Gasteiger partial charge in [0.25, 0.3) is 0 Å². The summed E-state index contributed by atoms with van der Waals surface area (Å²) >= 11 is 0. The van der Waals surface area contributed by atoms with E-state index in [4.69, 9.17) is 4.74 Å². The maximum Gasteiger partial charge on any atom is 0.338 e. The van der Waals surface area contributed by atoms with Gasteiger partial charge in [-0.15, -0.1) is 0 Å². The van der Waals surface area contributed by atoms with Gasteiger partial charge in [-0.1, -0.05) is 18.2 Å². The third-order valence-electron chi connectivity index (χ3n) is 6.05. The molecular weight excluding hydrogens is 392 g/mol. The van der Waals surface area contributed by atoms with E-state index >= 15 is 0 Å². The molecule has 0 atom stereocenters. The summed E-state index contributed by atoms with van der Waals surface area (Å²) in [6.07, 6.45) is 2.63. The Bertz CT molecular complexity index is 709. The Balaban J connectivity index is 0.000000245. The zero-order chi connectivity index (χ0) is 23.7. The molecule has 0 amide bonds. The maximum atomic E-state index is 12.1. The van der Waals surface area contributed by atoms with Crippen molar-refractivity contribution in [1.29, 1.82) is 0 Å². The zero-order valence-corrected chi connectivity index (χ0v) is 20.5. The molecule has 3 N–H and O–H groups in total. The summed E-state index contributed by atoms with van der Waals surface area (Å²) in [7, 11) is 0. The fourth-order valence-corrected chi connectivity index (χ4v) is 5.32. The summed E-state index contributed by atoms with van der Waals surface area (Å²) < 4.78 is 5.67. The lowest BCUT2D eigenvalue weighted by Gasteiger charge is -2.50. The van der Waals surface area contributed by atoms with Crippen molar-refractivity contribution in [2.24, 2.45) is 0 Å². The standard InChI is InChI=1S/C16H23NO2.C9H19NO2/c1-15(2)10-13(11-16(3,4)17-15)19-14(18)12-8-6-5-7-9-12;1-8(2)5-7(11)6-9(3,4)10(8)12/h5-9,13,17H,10-11H2,1-4H3;7,11-12H,5-6H2,1-4H3. The van der Waals surface area contributed by atoms with Crippen molar-refractivity contribution in [3.8, 4) is 0 Å². The highest BCUT2D eigenvalue weighted by Gasteiger charge is 2.44. The van der Waals surface area contributed by atoms with E-state index in [1.165, 1.54) is 5.06 Å². The van der Waals surface area contributed by atoms with E-state index < -0.39 is 0 Å². The quantitative estimate of drug-likeness (QED) is 0.593. The van der Waals surface area contributed by atoms with Gasteiger partial charge in [0.1, 0.15) is 6.10 Å². The van der Waals surface area contributed by atoms with Crippen molar-refractivity contribution in [3.05, 3.63) is 35.9 Å². The predicted molar refractivity (Wildman–Crippen MR) is 123 cm³/mol. The van der Waals surface area contributed by atoms with Gasteiger partial charge < -0.3 is 20.4 Å². The molecule has 0 aliphatic carbocycles. The minimum atomic E-state index is -0.318. The third kappa shape index (κ3) is 7.28. The number of nitrogens with zero attached hydrogens (tertiary/aromatic N) is 1. The van der Waals surface area contributed by atoms with Crippen LogP contribution in [0.25, 0.3) is 0 Å². The molecule has 0 aromatic heterocycles. The monoisotopic (exact) mass is 434 g/mol. The minimum Gasteiger partial charge on any atom is -0.459 e. The van der Waals surface area contributed by atoms with Gasteiger partial charge in [-0.3, -0.25) is 0 Å². The number of hydrogen-bond acceptors (Lipinski definition) is 6. The Hall–Kier alpha value is -1.47. The molecule has 6 heteroatoms. The van der Waals surface area contributed by atoms with E-state index in [0.29, 0.717) is 18.4 Å². The number of benzene rings is 1.